The Kier molecular flexibility index (Phi) is 3.32. The highest BCUT2D eigenvalue weighted by Crippen LogP contribution is 2.19. The summed E-state index contributed by atoms with van der Waals surface area (Å²) < 4.78 is 5.08. The number of nitrogens with one attached hydrogen (secondary N) is 1. The van der Waals surface area contributed by atoms with Gasteiger partial charge in [-0.25, -0.2) is 0 Å². The molecule has 0 saturated heterocycles. The third-order valence-corrected chi connectivity index (χ3v) is 2.57. The first-order chi connectivity index (χ1) is 8.56. The van der Waals surface area contributed by atoms with Crippen molar-refractivity contribution in [1.29, 1.82) is 0 Å². The van der Waals surface area contributed by atoms with E-state index in [0.717, 1.165) is 17.1 Å². The molecule has 2 aromatic rings. The van der Waals surface area contributed by atoms with Crippen molar-refractivity contribution in [2.45, 2.75) is 20.4 Å². The van der Waals surface area contributed by atoms with Gasteiger partial charge in [0.25, 0.3) is 0 Å². The average molecular weight is 245 g/mol. The summed E-state index contributed by atoms with van der Waals surface area (Å²) in [4.78, 5) is 11.2. The number of aryl methyl sites for hydroxylation is 1. The van der Waals surface area contributed by atoms with E-state index in [-0.39, 0.29) is 5.78 Å². The summed E-state index contributed by atoms with van der Waals surface area (Å²) in [5.41, 5.74) is 8.50. The van der Waals surface area contributed by atoms with E-state index in [9.17, 15) is 4.79 Å². The van der Waals surface area contributed by atoms with Crippen LogP contribution in [0.2, 0.25) is 0 Å². The molecular formula is C13H15N3O2. The molecule has 0 atom stereocenters. The Morgan fingerprint density at radius 3 is 2.78 bits per heavy atom. The van der Waals surface area contributed by atoms with Gasteiger partial charge in [0.2, 0.25) is 0 Å². The lowest BCUT2D eigenvalue weighted by Crippen LogP contribution is -2.03. The topological polar surface area (TPSA) is 81.2 Å². The summed E-state index contributed by atoms with van der Waals surface area (Å²) >= 11 is 0. The quantitative estimate of drug-likeness (QED) is 0.638. The Hall–Kier alpha value is -2.30. The van der Waals surface area contributed by atoms with Crippen LogP contribution in [-0.4, -0.2) is 10.9 Å². The van der Waals surface area contributed by atoms with Crippen molar-refractivity contribution in [3.8, 4) is 0 Å². The highest BCUT2D eigenvalue weighted by molar-refractivity contribution is 5.99. The number of hydrogen-bond acceptors (Lipinski definition) is 5. The Bertz CT molecular complexity index is 575. The van der Waals surface area contributed by atoms with Crippen molar-refractivity contribution in [1.82, 2.24) is 5.16 Å². The molecule has 5 nitrogen and oxygen atoms in total. The predicted molar refractivity (Wildman–Crippen MR) is 69.4 cm³/mol. The average Bonchev–Trinajstić information content (AvgIpc) is 2.72. The zero-order valence-electron chi connectivity index (χ0n) is 10.4. The van der Waals surface area contributed by atoms with E-state index < -0.39 is 0 Å². The number of nitrogens with zero attached hydrogens (tertiary/aromatic N) is 1. The van der Waals surface area contributed by atoms with Gasteiger partial charge in [-0.2, -0.15) is 0 Å². The molecule has 0 amide bonds. The van der Waals surface area contributed by atoms with Gasteiger partial charge in [0.05, 0.1) is 12.2 Å². The van der Waals surface area contributed by atoms with Crippen molar-refractivity contribution in [3.63, 3.8) is 0 Å². The maximum absolute atomic E-state index is 11.2. The van der Waals surface area contributed by atoms with Gasteiger partial charge >= 0.3 is 0 Å². The zero-order valence-corrected chi connectivity index (χ0v) is 10.4. The van der Waals surface area contributed by atoms with Crippen LogP contribution in [0, 0.1) is 6.92 Å². The molecule has 18 heavy (non-hydrogen) atoms. The zero-order chi connectivity index (χ0) is 13.1. The number of aromatic nitrogens is 1. The molecule has 0 aliphatic heterocycles. The van der Waals surface area contributed by atoms with Gasteiger partial charge in [-0.05, 0) is 32.0 Å². The molecule has 1 aromatic carbocycles. The van der Waals surface area contributed by atoms with Gasteiger partial charge in [0.1, 0.15) is 0 Å². The van der Waals surface area contributed by atoms with Crippen LogP contribution >= 0.6 is 0 Å². The Morgan fingerprint density at radius 1 is 1.44 bits per heavy atom. The van der Waals surface area contributed by atoms with Gasteiger partial charge in [0.15, 0.2) is 11.5 Å². The second-order valence-corrected chi connectivity index (χ2v) is 4.15. The first-order valence-corrected chi connectivity index (χ1v) is 5.63. The van der Waals surface area contributed by atoms with Gasteiger partial charge in [0, 0.05) is 23.0 Å². The van der Waals surface area contributed by atoms with Crippen LogP contribution in [0.25, 0.3) is 0 Å². The molecule has 94 valence electrons. The maximum Gasteiger partial charge on any atom is 0.161 e. The summed E-state index contributed by atoms with van der Waals surface area (Å²) in [6.45, 7) is 3.89. The van der Waals surface area contributed by atoms with Crippen LogP contribution < -0.4 is 11.1 Å². The summed E-state index contributed by atoms with van der Waals surface area (Å²) in [7, 11) is 0. The highest BCUT2D eigenvalue weighted by Gasteiger charge is 2.06. The number of benzene rings is 1. The third-order valence-electron chi connectivity index (χ3n) is 2.57. The number of Topliss-reactive ketones (excluding diaryl/α,β-unsaturated/α-hetero) is 1. The molecular weight excluding hydrogens is 230 g/mol. The molecule has 1 aromatic heterocycles. The van der Waals surface area contributed by atoms with Crippen LogP contribution in [0.5, 0.6) is 0 Å². The lowest BCUT2D eigenvalue weighted by atomic mass is 10.1. The minimum atomic E-state index is -0.0371. The number of rotatable bonds is 4. The van der Waals surface area contributed by atoms with Gasteiger partial charge in [-0.1, -0.05) is 5.16 Å². The van der Waals surface area contributed by atoms with E-state index in [1.165, 1.54) is 6.92 Å². The second kappa shape index (κ2) is 4.91. The van der Waals surface area contributed by atoms with Crippen LogP contribution in [0.1, 0.15) is 28.7 Å². The van der Waals surface area contributed by atoms with Gasteiger partial charge in [-0.15, -0.1) is 0 Å². The monoisotopic (exact) mass is 245 g/mol. The first-order valence-electron chi connectivity index (χ1n) is 5.63. The molecule has 0 aliphatic rings. The van der Waals surface area contributed by atoms with E-state index in [4.69, 9.17) is 10.3 Å². The van der Waals surface area contributed by atoms with E-state index in [2.05, 4.69) is 10.5 Å². The number of hydrogen-bond donors (Lipinski definition) is 2. The standard InChI is InChI=1S/C13H15N3O2/c1-8-5-11(18-16-8)7-15-10-3-4-12(9(2)17)13(14)6-10/h3-6,15H,7,14H2,1-2H3. The van der Waals surface area contributed by atoms with Crippen molar-refractivity contribution < 1.29 is 9.32 Å². The predicted octanol–water partition coefficient (Wildman–Crippen LogP) is 2.38. The van der Waals surface area contributed by atoms with Gasteiger partial charge < -0.3 is 15.6 Å². The fourth-order valence-corrected chi connectivity index (χ4v) is 1.68. The van der Waals surface area contributed by atoms with Crippen molar-refractivity contribution in [2.75, 3.05) is 11.1 Å². The van der Waals surface area contributed by atoms with Crippen molar-refractivity contribution >= 4 is 17.2 Å². The Labute approximate surface area is 105 Å². The van der Waals surface area contributed by atoms with Gasteiger partial charge in [-0.3, -0.25) is 4.79 Å². The maximum atomic E-state index is 11.2. The van der Waals surface area contributed by atoms with Crippen molar-refractivity contribution in [3.05, 3.63) is 41.3 Å². The summed E-state index contributed by atoms with van der Waals surface area (Å²) in [5.74, 6) is 0.714. The smallest absolute Gasteiger partial charge is 0.161 e. The molecule has 0 unspecified atom stereocenters. The molecule has 0 bridgehead atoms. The van der Waals surface area contributed by atoms with Crippen LogP contribution in [-0.2, 0) is 6.54 Å². The lowest BCUT2D eigenvalue weighted by molar-refractivity contribution is 0.101. The number of nitrogens with two attached hydrogens (primary N) is 1. The fraction of sp³-hybridized carbons (Fsp3) is 0.231. The number of nitrogen functional groups attached to an aromatic ring is 1. The molecule has 1 heterocycles. The molecule has 0 aliphatic carbocycles. The molecule has 0 fully saturated rings. The van der Waals surface area contributed by atoms with E-state index >= 15 is 0 Å². The first kappa shape index (κ1) is 12.2. The Balaban J connectivity index is 2.06. The Morgan fingerprint density at radius 2 is 2.22 bits per heavy atom. The number of carbonyl (C=O) groups excluding carboxylic acids is 1. The SMILES string of the molecule is CC(=O)c1ccc(NCc2cc(C)no2)cc1N. The molecule has 0 radical (unpaired) electrons. The van der Waals surface area contributed by atoms with Crippen LogP contribution in [0.3, 0.4) is 0 Å². The normalized spacial score (nSPS) is 10.3. The minimum absolute atomic E-state index is 0.0371. The largest absolute Gasteiger partial charge is 0.398 e. The van der Waals surface area contributed by atoms with E-state index in [0.29, 0.717) is 17.8 Å². The summed E-state index contributed by atoms with van der Waals surface area (Å²) in [6.07, 6.45) is 0. The highest BCUT2D eigenvalue weighted by atomic mass is 16.5. The summed E-state index contributed by atoms with van der Waals surface area (Å²) in [6, 6.07) is 7.13. The summed E-state index contributed by atoms with van der Waals surface area (Å²) in [5, 5.41) is 6.96. The van der Waals surface area contributed by atoms with Crippen molar-refractivity contribution in [2.24, 2.45) is 0 Å². The van der Waals surface area contributed by atoms with Crippen LogP contribution in [0.4, 0.5) is 11.4 Å². The number of carbonyl (C=O) groups is 1. The number of anilines is 2. The van der Waals surface area contributed by atoms with E-state index in [1.54, 1.807) is 12.1 Å². The minimum Gasteiger partial charge on any atom is -0.398 e. The number of ketones is 1. The van der Waals surface area contributed by atoms with Crippen LogP contribution in [0.15, 0.2) is 28.8 Å². The lowest BCUT2D eigenvalue weighted by Gasteiger charge is -2.07. The van der Waals surface area contributed by atoms with E-state index in [1.807, 2.05) is 19.1 Å². The molecule has 2 rings (SSSR count). The second-order valence-electron chi connectivity index (χ2n) is 4.15. The molecule has 5 heteroatoms. The molecule has 0 spiro atoms. The molecule has 0 saturated carbocycles. The fourth-order valence-electron chi connectivity index (χ4n) is 1.68. The third kappa shape index (κ3) is 2.68. The molecule has 3 N–H and O–H groups in total.